The number of rotatable bonds is 2. The first-order valence-corrected chi connectivity index (χ1v) is 4.83. The summed E-state index contributed by atoms with van der Waals surface area (Å²) >= 11 is 0. The van der Waals surface area contributed by atoms with Gasteiger partial charge in [0.15, 0.2) is 0 Å². The van der Waals surface area contributed by atoms with Gasteiger partial charge in [0.05, 0.1) is 12.6 Å². The van der Waals surface area contributed by atoms with E-state index in [0.29, 0.717) is 13.2 Å². The Bertz CT molecular complexity index is 253. The summed E-state index contributed by atoms with van der Waals surface area (Å²) in [6.07, 6.45) is 0. The molecule has 0 amide bonds. The first-order chi connectivity index (χ1) is 6.45. The Morgan fingerprint density at radius 1 is 1.64 bits per heavy atom. The maximum absolute atomic E-state index is 11.2. The molecular weight excluding hydrogens is 182 g/mol. The lowest BCUT2D eigenvalue weighted by atomic mass is 9.88. The molecule has 1 rings (SSSR count). The van der Waals surface area contributed by atoms with E-state index >= 15 is 0 Å². The average molecular weight is 199 g/mol. The molecule has 0 fully saturated rings. The van der Waals surface area contributed by atoms with Gasteiger partial charge in [-0.25, -0.2) is 9.79 Å². The number of aliphatic imine (C=N–C) groups is 1. The van der Waals surface area contributed by atoms with Gasteiger partial charge in [0.2, 0.25) is 0 Å². The predicted octanol–water partition coefficient (Wildman–Crippen LogP) is 1.39. The van der Waals surface area contributed by atoms with E-state index in [9.17, 15) is 4.79 Å². The summed E-state index contributed by atoms with van der Waals surface area (Å²) in [4.78, 5) is 15.4. The summed E-state index contributed by atoms with van der Waals surface area (Å²) in [6.45, 7) is 8.78. The number of esters is 1. The van der Waals surface area contributed by atoms with Gasteiger partial charge in [-0.3, -0.25) is 0 Å². The van der Waals surface area contributed by atoms with Crippen molar-refractivity contribution in [3.8, 4) is 0 Å². The predicted molar refractivity (Wildman–Crippen MR) is 53.3 cm³/mol. The average Bonchev–Trinajstić information content (AvgIpc) is 2.51. The Hall–Kier alpha value is -1.06. The second kappa shape index (κ2) is 3.98. The number of hydrogen-bond donors (Lipinski definition) is 0. The second-order valence-electron chi connectivity index (χ2n) is 4.35. The van der Waals surface area contributed by atoms with Gasteiger partial charge >= 0.3 is 5.97 Å². The van der Waals surface area contributed by atoms with Crippen LogP contribution in [0.2, 0.25) is 0 Å². The molecule has 1 atom stereocenters. The fourth-order valence-corrected chi connectivity index (χ4v) is 1.12. The molecule has 0 saturated heterocycles. The van der Waals surface area contributed by atoms with E-state index < -0.39 is 5.97 Å². The van der Waals surface area contributed by atoms with Crippen molar-refractivity contribution in [2.24, 2.45) is 10.4 Å². The zero-order valence-corrected chi connectivity index (χ0v) is 9.16. The molecule has 1 aliphatic heterocycles. The Balaban J connectivity index is 2.63. The van der Waals surface area contributed by atoms with Crippen LogP contribution in [0.5, 0.6) is 0 Å². The van der Waals surface area contributed by atoms with Crippen molar-refractivity contribution >= 4 is 11.9 Å². The summed E-state index contributed by atoms with van der Waals surface area (Å²) in [6, 6.07) is 0.0434. The standard InChI is InChI=1S/C10H17NO3/c1-5-13-9(12)8-11-7(6-14-8)10(2,3)4/h7H,5-6H2,1-4H3/t7-/m1/s1. The molecule has 0 unspecified atom stereocenters. The van der Waals surface area contributed by atoms with Gasteiger partial charge in [0, 0.05) is 0 Å². The fraction of sp³-hybridized carbons (Fsp3) is 0.800. The van der Waals surface area contributed by atoms with Gasteiger partial charge in [0.25, 0.3) is 5.90 Å². The molecular formula is C10H17NO3. The molecule has 0 radical (unpaired) electrons. The normalized spacial score (nSPS) is 21.4. The second-order valence-corrected chi connectivity index (χ2v) is 4.35. The Morgan fingerprint density at radius 3 is 2.71 bits per heavy atom. The summed E-state index contributed by atoms with van der Waals surface area (Å²) in [5, 5.41) is 0. The van der Waals surface area contributed by atoms with Gasteiger partial charge in [-0.05, 0) is 12.3 Å². The molecule has 0 aromatic heterocycles. The van der Waals surface area contributed by atoms with Crippen molar-refractivity contribution in [3.63, 3.8) is 0 Å². The highest BCUT2D eigenvalue weighted by molar-refractivity contribution is 6.33. The number of carbonyl (C=O) groups excluding carboxylic acids is 1. The third-order valence-electron chi connectivity index (χ3n) is 2.10. The summed E-state index contributed by atoms with van der Waals surface area (Å²) in [5.41, 5.74) is 0.0221. The summed E-state index contributed by atoms with van der Waals surface area (Å²) < 4.78 is 9.97. The van der Waals surface area contributed by atoms with Crippen LogP contribution < -0.4 is 0 Å². The van der Waals surface area contributed by atoms with Crippen LogP contribution in [-0.2, 0) is 14.3 Å². The minimum Gasteiger partial charge on any atom is -0.470 e. The fourth-order valence-electron chi connectivity index (χ4n) is 1.12. The highest BCUT2D eigenvalue weighted by atomic mass is 16.6. The van der Waals surface area contributed by atoms with Crippen molar-refractivity contribution in [2.75, 3.05) is 13.2 Å². The molecule has 4 heteroatoms. The molecule has 0 aromatic rings. The van der Waals surface area contributed by atoms with Crippen molar-refractivity contribution < 1.29 is 14.3 Å². The molecule has 0 saturated carbocycles. The van der Waals surface area contributed by atoms with Gasteiger partial charge < -0.3 is 9.47 Å². The molecule has 1 heterocycles. The number of hydrogen-bond acceptors (Lipinski definition) is 4. The monoisotopic (exact) mass is 199 g/mol. The van der Waals surface area contributed by atoms with Gasteiger partial charge in [-0.2, -0.15) is 0 Å². The largest absolute Gasteiger partial charge is 0.470 e. The maximum Gasteiger partial charge on any atom is 0.393 e. The van der Waals surface area contributed by atoms with E-state index in [0.717, 1.165) is 0 Å². The van der Waals surface area contributed by atoms with Crippen molar-refractivity contribution in [3.05, 3.63) is 0 Å². The number of carbonyl (C=O) groups is 1. The molecule has 1 aliphatic rings. The van der Waals surface area contributed by atoms with Crippen LogP contribution in [0.4, 0.5) is 0 Å². The lowest BCUT2D eigenvalue weighted by Crippen LogP contribution is -2.25. The third-order valence-corrected chi connectivity index (χ3v) is 2.10. The van der Waals surface area contributed by atoms with E-state index in [1.54, 1.807) is 6.92 Å². The molecule has 0 spiro atoms. The lowest BCUT2D eigenvalue weighted by Gasteiger charge is -2.21. The molecule has 4 nitrogen and oxygen atoms in total. The van der Waals surface area contributed by atoms with Crippen LogP contribution in [0.1, 0.15) is 27.7 Å². The van der Waals surface area contributed by atoms with E-state index in [-0.39, 0.29) is 17.4 Å². The van der Waals surface area contributed by atoms with Crippen molar-refractivity contribution in [1.29, 1.82) is 0 Å². The SMILES string of the molecule is CCOC(=O)C1=N[C@@H](C(C)(C)C)CO1. The zero-order chi connectivity index (χ0) is 10.8. The minimum atomic E-state index is -0.459. The van der Waals surface area contributed by atoms with Crippen molar-refractivity contribution in [1.82, 2.24) is 0 Å². The molecule has 14 heavy (non-hydrogen) atoms. The minimum absolute atomic E-state index is 0.0221. The van der Waals surface area contributed by atoms with Crippen LogP contribution in [0, 0.1) is 5.41 Å². The van der Waals surface area contributed by atoms with Crippen LogP contribution in [0.3, 0.4) is 0 Å². The van der Waals surface area contributed by atoms with Crippen LogP contribution in [-0.4, -0.2) is 31.1 Å². The van der Waals surface area contributed by atoms with Crippen LogP contribution in [0.15, 0.2) is 4.99 Å². The summed E-state index contributed by atoms with van der Waals surface area (Å²) in [7, 11) is 0. The third kappa shape index (κ3) is 2.47. The first kappa shape index (κ1) is 11.0. The van der Waals surface area contributed by atoms with Crippen molar-refractivity contribution in [2.45, 2.75) is 33.7 Å². The van der Waals surface area contributed by atoms with Crippen LogP contribution >= 0.6 is 0 Å². The molecule has 0 aliphatic carbocycles. The highest BCUT2D eigenvalue weighted by Gasteiger charge is 2.33. The topological polar surface area (TPSA) is 47.9 Å². The first-order valence-electron chi connectivity index (χ1n) is 4.83. The Kier molecular flexibility index (Phi) is 3.13. The summed E-state index contributed by atoms with van der Waals surface area (Å²) in [5.74, 6) is -0.342. The van der Waals surface area contributed by atoms with Gasteiger partial charge in [-0.1, -0.05) is 20.8 Å². The Morgan fingerprint density at radius 2 is 2.29 bits per heavy atom. The van der Waals surface area contributed by atoms with E-state index in [2.05, 4.69) is 25.8 Å². The lowest BCUT2D eigenvalue weighted by molar-refractivity contribution is -0.136. The van der Waals surface area contributed by atoms with E-state index in [1.165, 1.54) is 0 Å². The maximum atomic E-state index is 11.2. The Labute approximate surface area is 84.3 Å². The van der Waals surface area contributed by atoms with Gasteiger partial charge in [0.1, 0.15) is 6.61 Å². The molecule has 0 N–H and O–H groups in total. The highest BCUT2D eigenvalue weighted by Crippen LogP contribution is 2.25. The molecule has 0 aromatic carbocycles. The zero-order valence-electron chi connectivity index (χ0n) is 9.16. The molecule has 0 bridgehead atoms. The quantitative estimate of drug-likeness (QED) is 0.631. The van der Waals surface area contributed by atoms with E-state index in [4.69, 9.17) is 9.47 Å². The molecule has 80 valence electrons. The number of nitrogens with zero attached hydrogens (tertiary/aromatic N) is 1. The van der Waals surface area contributed by atoms with Gasteiger partial charge in [-0.15, -0.1) is 0 Å². The number of ether oxygens (including phenoxy) is 2. The van der Waals surface area contributed by atoms with E-state index in [1.807, 2.05) is 0 Å². The van der Waals surface area contributed by atoms with Crippen LogP contribution in [0.25, 0.3) is 0 Å². The smallest absolute Gasteiger partial charge is 0.393 e.